The Morgan fingerprint density at radius 3 is 2.95 bits per heavy atom. The molecule has 0 saturated carbocycles. The minimum atomic E-state index is -0.390. The summed E-state index contributed by atoms with van der Waals surface area (Å²) in [5, 5.41) is 7.77. The standard InChI is InChI=1S/C13H12N4O2S/c1-8-7-9(16-19-8)12(18)14-15-13-17(2)10-5-3-4-6-11(10)20-13/h3-7H,1-2H3,(H,14,18)/b15-13+. The van der Waals surface area contributed by atoms with E-state index < -0.39 is 0 Å². The first-order chi connectivity index (χ1) is 9.65. The van der Waals surface area contributed by atoms with Crippen LogP contribution in [0, 0.1) is 6.92 Å². The van der Waals surface area contributed by atoms with Gasteiger partial charge in [-0.05, 0) is 19.1 Å². The summed E-state index contributed by atoms with van der Waals surface area (Å²) in [6.45, 7) is 1.73. The van der Waals surface area contributed by atoms with Gasteiger partial charge in [0.25, 0.3) is 5.91 Å². The van der Waals surface area contributed by atoms with Crippen LogP contribution in [-0.2, 0) is 7.05 Å². The monoisotopic (exact) mass is 288 g/mol. The number of fused-ring (bicyclic) bond motifs is 1. The summed E-state index contributed by atoms with van der Waals surface area (Å²) in [6, 6.07) is 9.53. The molecule has 0 aliphatic carbocycles. The molecule has 6 nitrogen and oxygen atoms in total. The van der Waals surface area contributed by atoms with Gasteiger partial charge in [0.05, 0.1) is 10.2 Å². The van der Waals surface area contributed by atoms with Crippen LogP contribution in [0.15, 0.2) is 40.0 Å². The molecule has 0 aliphatic rings. The first-order valence-electron chi connectivity index (χ1n) is 5.97. The summed E-state index contributed by atoms with van der Waals surface area (Å²) in [5.41, 5.74) is 3.77. The van der Waals surface area contributed by atoms with Gasteiger partial charge in [-0.3, -0.25) is 4.79 Å². The van der Waals surface area contributed by atoms with E-state index in [1.807, 2.05) is 35.9 Å². The molecule has 2 aromatic heterocycles. The quantitative estimate of drug-likeness (QED) is 0.731. The third kappa shape index (κ3) is 2.23. The Bertz CT molecular complexity index is 843. The van der Waals surface area contributed by atoms with Gasteiger partial charge in [0.1, 0.15) is 5.76 Å². The van der Waals surface area contributed by atoms with Crippen LogP contribution in [0.3, 0.4) is 0 Å². The maximum absolute atomic E-state index is 11.8. The lowest BCUT2D eigenvalue weighted by atomic mass is 10.3. The van der Waals surface area contributed by atoms with Crippen LogP contribution in [0.25, 0.3) is 10.2 Å². The van der Waals surface area contributed by atoms with Gasteiger partial charge >= 0.3 is 0 Å². The summed E-state index contributed by atoms with van der Waals surface area (Å²) < 4.78 is 7.89. The van der Waals surface area contributed by atoms with Crippen molar-refractivity contribution < 1.29 is 9.32 Å². The van der Waals surface area contributed by atoms with E-state index in [1.165, 1.54) is 11.3 Å². The van der Waals surface area contributed by atoms with Crippen molar-refractivity contribution in [2.24, 2.45) is 12.1 Å². The van der Waals surface area contributed by atoms with E-state index in [-0.39, 0.29) is 11.6 Å². The molecule has 0 radical (unpaired) electrons. The zero-order chi connectivity index (χ0) is 14.1. The predicted octanol–water partition coefficient (Wildman–Crippen LogP) is 1.78. The number of amides is 1. The lowest BCUT2D eigenvalue weighted by Crippen LogP contribution is -2.23. The maximum atomic E-state index is 11.8. The van der Waals surface area contributed by atoms with Crippen molar-refractivity contribution in [3.8, 4) is 0 Å². The number of thiazole rings is 1. The smallest absolute Gasteiger partial charge is 0.293 e. The fourth-order valence-electron chi connectivity index (χ4n) is 1.82. The third-order valence-corrected chi connectivity index (χ3v) is 3.94. The second-order valence-electron chi connectivity index (χ2n) is 4.29. The summed E-state index contributed by atoms with van der Waals surface area (Å²) in [4.78, 5) is 12.5. The normalized spacial score (nSPS) is 12.0. The van der Waals surface area contributed by atoms with Crippen LogP contribution in [0.4, 0.5) is 0 Å². The number of carbonyl (C=O) groups excluding carboxylic acids is 1. The predicted molar refractivity (Wildman–Crippen MR) is 75.1 cm³/mol. The molecule has 0 aliphatic heterocycles. The van der Waals surface area contributed by atoms with Crippen molar-refractivity contribution in [2.45, 2.75) is 6.92 Å². The number of rotatable bonds is 2. The van der Waals surface area contributed by atoms with Crippen molar-refractivity contribution in [3.63, 3.8) is 0 Å². The molecule has 102 valence electrons. The highest BCUT2D eigenvalue weighted by Gasteiger charge is 2.10. The Hall–Kier alpha value is -2.41. The van der Waals surface area contributed by atoms with Crippen LogP contribution in [0.2, 0.25) is 0 Å². The van der Waals surface area contributed by atoms with Crippen molar-refractivity contribution in [1.82, 2.24) is 15.1 Å². The van der Waals surface area contributed by atoms with E-state index in [0.717, 1.165) is 10.2 Å². The highest BCUT2D eigenvalue weighted by atomic mass is 32.1. The Morgan fingerprint density at radius 2 is 2.25 bits per heavy atom. The molecule has 3 rings (SSSR count). The molecule has 0 fully saturated rings. The van der Waals surface area contributed by atoms with E-state index in [9.17, 15) is 4.79 Å². The highest BCUT2D eigenvalue weighted by Crippen LogP contribution is 2.14. The number of hydrogen-bond acceptors (Lipinski definition) is 5. The number of nitrogens with zero attached hydrogens (tertiary/aromatic N) is 3. The van der Waals surface area contributed by atoms with E-state index in [0.29, 0.717) is 10.6 Å². The minimum absolute atomic E-state index is 0.218. The van der Waals surface area contributed by atoms with Gasteiger partial charge < -0.3 is 9.09 Å². The average Bonchev–Trinajstić information content (AvgIpc) is 3.01. The Kier molecular flexibility index (Phi) is 3.11. The highest BCUT2D eigenvalue weighted by molar-refractivity contribution is 7.16. The second kappa shape index (κ2) is 4.93. The van der Waals surface area contributed by atoms with Crippen LogP contribution in [0.5, 0.6) is 0 Å². The lowest BCUT2D eigenvalue weighted by Gasteiger charge is -1.95. The van der Waals surface area contributed by atoms with Crippen LogP contribution >= 0.6 is 11.3 Å². The molecule has 1 N–H and O–H groups in total. The molecule has 0 unspecified atom stereocenters. The second-order valence-corrected chi connectivity index (χ2v) is 5.30. The number of aromatic nitrogens is 2. The first kappa shape index (κ1) is 12.6. The molecule has 0 bridgehead atoms. The van der Waals surface area contributed by atoms with Crippen molar-refractivity contribution >= 4 is 27.5 Å². The van der Waals surface area contributed by atoms with Gasteiger partial charge in [-0.2, -0.15) is 0 Å². The van der Waals surface area contributed by atoms with Gasteiger partial charge in [-0.1, -0.05) is 28.6 Å². The maximum Gasteiger partial charge on any atom is 0.293 e. The van der Waals surface area contributed by atoms with Crippen molar-refractivity contribution in [3.05, 3.63) is 46.6 Å². The van der Waals surface area contributed by atoms with E-state index >= 15 is 0 Å². The Balaban J connectivity index is 1.91. The number of nitrogens with one attached hydrogen (secondary N) is 1. The van der Waals surface area contributed by atoms with E-state index in [2.05, 4.69) is 15.7 Å². The number of benzene rings is 1. The van der Waals surface area contributed by atoms with Gasteiger partial charge in [0, 0.05) is 13.1 Å². The SMILES string of the molecule is Cc1cc(C(=O)N/N=c2/sc3ccccc3n2C)no1. The summed E-state index contributed by atoms with van der Waals surface area (Å²) in [5.74, 6) is 0.196. The van der Waals surface area contributed by atoms with Gasteiger partial charge in [-0.15, -0.1) is 5.10 Å². The molecular weight excluding hydrogens is 276 g/mol. The van der Waals surface area contributed by atoms with E-state index in [4.69, 9.17) is 4.52 Å². The topological polar surface area (TPSA) is 72.4 Å². The fraction of sp³-hybridized carbons (Fsp3) is 0.154. The number of para-hydroxylation sites is 1. The Labute approximate surface area is 118 Å². The number of hydrogen-bond donors (Lipinski definition) is 1. The largest absolute Gasteiger partial charge is 0.361 e. The average molecular weight is 288 g/mol. The van der Waals surface area contributed by atoms with E-state index in [1.54, 1.807) is 13.0 Å². The molecule has 1 amide bonds. The fourth-order valence-corrected chi connectivity index (χ4v) is 2.80. The third-order valence-electron chi connectivity index (χ3n) is 2.83. The lowest BCUT2D eigenvalue weighted by molar-refractivity contribution is 0.0944. The molecule has 3 aromatic rings. The van der Waals surface area contributed by atoms with Gasteiger partial charge in [-0.25, -0.2) is 5.43 Å². The zero-order valence-electron chi connectivity index (χ0n) is 11.0. The summed E-state index contributed by atoms with van der Waals surface area (Å²) in [7, 11) is 1.91. The van der Waals surface area contributed by atoms with Gasteiger partial charge in [0.15, 0.2) is 5.69 Å². The summed E-state index contributed by atoms with van der Waals surface area (Å²) in [6.07, 6.45) is 0. The van der Waals surface area contributed by atoms with Crippen LogP contribution in [-0.4, -0.2) is 15.6 Å². The van der Waals surface area contributed by atoms with Crippen LogP contribution < -0.4 is 10.2 Å². The molecule has 20 heavy (non-hydrogen) atoms. The number of aryl methyl sites for hydroxylation is 2. The van der Waals surface area contributed by atoms with Crippen molar-refractivity contribution in [1.29, 1.82) is 0 Å². The zero-order valence-corrected chi connectivity index (χ0v) is 11.8. The summed E-state index contributed by atoms with van der Waals surface area (Å²) >= 11 is 1.50. The van der Waals surface area contributed by atoms with Gasteiger partial charge in [0.2, 0.25) is 4.80 Å². The van der Waals surface area contributed by atoms with Crippen LogP contribution in [0.1, 0.15) is 16.2 Å². The molecule has 1 aromatic carbocycles. The molecule has 0 spiro atoms. The molecule has 2 heterocycles. The number of carbonyl (C=O) groups is 1. The van der Waals surface area contributed by atoms with Crippen molar-refractivity contribution in [2.75, 3.05) is 0 Å². The molecule has 7 heteroatoms. The first-order valence-corrected chi connectivity index (χ1v) is 6.79. The Morgan fingerprint density at radius 1 is 1.45 bits per heavy atom. The molecular formula is C13H12N4O2S. The minimum Gasteiger partial charge on any atom is -0.361 e. The molecule has 0 atom stereocenters. The molecule has 0 saturated heterocycles.